The summed E-state index contributed by atoms with van der Waals surface area (Å²) in [6, 6.07) is 17.1. The van der Waals surface area contributed by atoms with Crippen molar-refractivity contribution in [1.29, 1.82) is 0 Å². The third-order valence-electron chi connectivity index (χ3n) is 4.86. The Morgan fingerprint density at radius 3 is 2.56 bits per heavy atom. The zero-order chi connectivity index (χ0) is 18.8. The van der Waals surface area contributed by atoms with Crippen molar-refractivity contribution in [2.24, 2.45) is 0 Å². The molecular weight excluding hydrogens is 381 g/mol. The summed E-state index contributed by atoms with van der Waals surface area (Å²) in [6.45, 7) is 3.99. The summed E-state index contributed by atoms with van der Waals surface area (Å²) in [6.07, 6.45) is 0. The van der Waals surface area contributed by atoms with Crippen molar-refractivity contribution < 1.29 is 4.79 Å². The topological polar surface area (TPSA) is 36.4 Å². The summed E-state index contributed by atoms with van der Waals surface area (Å²) in [7, 11) is 0. The van der Waals surface area contributed by atoms with E-state index in [2.05, 4.69) is 16.0 Å². The maximum Gasteiger partial charge on any atom is 0.253 e. The number of fused-ring (bicyclic) bond motifs is 1. The second-order valence-electron chi connectivity index (χ2n) is 6.74. The molecule has 1 saturated heterocycles. The van der Waals surface area contributed by atoms with E-state index in [1.54, 1.807) is 6.07 Å². The highest BCUT2D eigenvalue weighted by atomic mass is 35.5. The largest absolute Gasteiger partial charge is 0.336 e. The molecule has 0 spiro atoms. The monoisotopic (exact) mass is 399 g/mol. The van der Waals surface area contributed by atoms with E-state index in [9.17, 15) is 4.79 Å². The van der Waals surface area contributed by atoms with Crippen LogP contribution in [0.2, 0.25) is 10.2 Å². The van der Waals surface area contributed by atoms with Crippen LogP contribution in [0.25, 0.3) is 10.9 Å². The van der Waals surface area contributed by atoms with E-state index in [0.29, 0.717) is 10.7 Å². The van der Waals surface area contributed by atoms with E-state index in [1.165, 1.54) is 5.56 Å². The van der Waals surface area contributed by atoms with Gasteiger partial charge in [-0.3, -0.25) is 9.69 Å². The molecule has 0 bridgehead atoms. The molecule has 1 amide bonds. The van der Waals surface area contributed by atoms with Crippen molar-refractivity contribution in [2.75, 3.05) is 26.2 Å². The summed E-state index contributed by atoms with van der Waals surface area (Å²) in [5.41, 5.74) is 2.68. The third-order valence-corrected chi connectivity index (χ3v) is 5.30. The molecule has 0 saturated carbocycles. The molecule has 3 aromatic rings. The number of rotatable bonds is 3. The fourth-order valence-corrected chi connectivity index (χ4v) is 3.79. The SMILES string of the molecule is O=C(c1ccc2nc(Cl)ccc2c1)N1CCN(Cc2cccc(Cl)c2)CC1. The summed E-state index contributed by atoms with van der Waals surface area (Å²) >= 11 is 12.0. The van der Waals surface area contributed by atoms with Crippen molar-refractivity contribution in [2.45, 2.75) is 6.54 Å². The maximum atomic E-state index is 12.9. The van der Waals surface area contributed by atoms with E-state index in [0.717, 1.165) is 48.6 Å². The smallest absolute Gasteiger partial charge is 0.253 e. The van der Waals surface area contributed by atoms with Crippen LogP contribution in [0.1, 0.15) is 15.9 Å². The summed E-state index contributed by atoms with van der Waals surface area (Å²) in [5, 5.41) is 2.13. The van der Waals surface area contributed by atoms with Crippen LogP contribution in [0.3, 0.4) is 0 Å². The number of nitrogens with zero attached hydrogens (tertiary/aromatic N) is 3. The van der Waals surface area contributed by atoms with Gasteiger partial charge in [-0.05, 0) is 48.0 Å². The quantitative estimate of drug-likeness (QED) is 0.608. The van der Waals surface area contributed by atoms with Crippen LogP contribution < -0.4 is 0 Å². The molecular formula is C21H19Cl2N3O. The van der Waals surface area contributed by atoms with Gasteiger partial charge in [0.25, 0.3) is 5.91 Å². The molecule has 27 heavy (non-hydrogen) atoms. The van der Waals surface area contributed by atoms with Gasteiger partial charge in [0.1, 0.15) is 5.15 Å². The van der Waals surface area contributed by atoms with Crippen LogP contribution in [0.15, 0.2) is 54.6 Å². The number of carbonyl (C=O) groups excluding carboxylic acids is 1. The Balaban J connectivity index is 1.40. The van der Waals surface area contributed by atoms with Crippen molar-refractivity contribution in [3.63, 3.8) is 0 Å². The lowest BCUT2D eigenvalue weighted by atomic mass is 10.1. The van der Waals surface area contributed by atoms with Gasteiger partial charge in [0.15, 0.2) is 0 Å². The first-order valence-electron chi connectivity index (χ1n) is 8.91. The molecule has 0 N–H and O–H groups in total. The number of carbonyl (C=O) groups is 1. The Labute approximate surface area is 168 Å². The second kappa shape index (κ2) is 7.85. The highest BCUT2D eigenvalue weighted by molar-refractivity contribution is 6.30. The Bertz CT molecular complexity index is 984. The predicted molar refractivity (Wildman–Crippen MR) is 109 cm³/mol. The number of piperazine rings is 1. The molecule has 1 fully saturated rings. The van der Waals surface area contributed by atoms with Gasteiger partial charge in [-0.15, -0.1) is 0 Å². The Morgan fingerprint density at radius 1 is 0.963 bits per heavy atom. The fourth-order valence-electron chi connectivity index (χ4n) is 3.42. The third kappa shape index (κ3) is 4.24. The number of amides is 1. The van der Waals surface area contributed by atoms with E-state index < -0.39 is 0 Å². The van der Waals surface area contributed by atoms with Gasteiger partial charge in [-0.2, -0.15) is 0 Å². The number of hydrogen-bond acceptors (Lipinski definition) is 3. The van der Waals surface area contributed by atoms with E-state index in [4.69, 9.17) is 23.2 Å². The van der Waals surface area contributed by atoms with Gasteiger partial charge in [-0.25, -0.2) is 4.98 Å². The van der Waals surface area contributed by atoms with E-state index in [1.807, 2.05) is 47.4 Å². The lowest BCUT2D eigenvalue weighted by Crippen LogP contribution is -2.48. The summed E-state index contributed by atoms with van der Waals surface area (Å²) < 4.78 is 0. The molecule has 138 valence electrons. The Morgan fingerprint density at radius 2 is 1.78 bits per heavy atom. The van der Waals surface area contributed by atoms with Crippen molar-refractivity contribution >= 4 is 40.0 Å². The van der Waals surface area contributed by atoms with Crippen molar-refractivity contribution in [1.82, 2.24) is 14.8 Å². The van der Waals surface area contributed by atoms with Gasteiger partial charge >= 0.3 is 0 Å². The lowest BCUT2D eigenvalue weighted by molar-refractivity contribution is 0.0628. The van der Waals surface area contributed by atoms with Crippen LogP contribution in [0.4, 0.5) is 0 Å². The first-order chi connectivity index (χ1) is 13.1. The Hall–Kier alpha value is -2.14. The zero-order valence-electron chi connectivity index (χ0n) is 14.7. The van der Waals surface area contributed by atoms with Crippen LogP contribution in [0.5, 0.6) is 0 Å². The molecule has 0 unspecified atom stereocenters. The van der Waals surface area contributed by atoms with Crippen molar-refractivity contribution in [3.8, 4) is 0 Å². The molecule has 1 aromatic heterocycles. The minimum absolute atomic E-state index is 0.0641. The number of benzene rings is 2. The standard InChI is InChI=1S/C21H19Cl2N3O/c22-18-3-1-2-15(12-18)14-25-8-10-26(11-9-25)21(27)17-4-6-19-16(13-17)5-7-20(23)24-19/h1-7,12-13H,8-11,14H2. The molecule has 0 atom stereocenters. The number of halogens is 2. The van der Waals surface area contributed by atoms with Gasteiger partial charge in [-0.1, -0.05) is 35.3 Å². The average Bonchev–Trinajstić information content (AvgIpc) is 2.68. The zero-order valence-corrected chi connectivity index (χ0v) is 16.2. The van der Waals surface area contributed by atoms with Crippen LogP contribution in [0, 0.1) is 0 Å². The van der Waals surface area contributed by atoms with Crippen molar-refractivity contribution in [3.05, 3.63) is 75.9 Å². The molecule has 0 radical (unpaired) electrons. The minimum atomic E-state index is 0.0641. The van der Waals surface area contributed by atoms with Crippen LogP contribution in [-0.2, 0) is 6.54 Å². The minimum Gasteiger partial charge on any atom is -0.336 e. The second-order valence-corrected chi connectivity index (χ2v) is 7.56. The molecule has 4 nitrogen and oxygen atoms in total. The normalized spacial score (nSPS) is 15.3. The van der Waals surface area contributed by atoms with E-state index in [-0.39, 0.29) is 5.91 Å². The van der Waals surface area contributed by atoms with Gasteiger partial charge in [0.2, 0.25) is 0 Å². The van der Waals surface area contributed by atoms with Crippen LogP contribution in [-0.4, -0.2) is 46.9 Å². The van der Waals surface area contributed by atoms with Gasteiger partial charge in [0.05, 0.1) is 5.52 Å². The Kier molecular flexibility index (Phi) is 5.30. The summed E-state index contributed by atoms with van der Waals surface area (Å²) in [5.74, 6) is 0.0641. The number of pyridine rings is 1. The summed E-state index contributed by atoms with van der Waals surface area (Å²) in [4.78, 5) is 21.4. The van der Waals surface area contributed by atoms with E-state index >= 15 is 0 Å². The van der Waals surface area contributed by atoms with Gasteiger partial charge in [0, 0.05) is 48.7 Å². The fraction of sp³-hybridized carbons (Fsp3) is 0.238. The highest BCUT2D eigenvalue weighted by Crippen LogP contribution is 2.19. The molecule has 0 aliphatic carbocycles. The molecule has 4 rings (SSSR count). The number of hydrogen-bond donors (Lipinski definition) is 0. The maximum absolute atomic E-state index is 12.9. The predicted octanol–water partition coefficient (Wildman–Crippen LogP) is 4.50. The molecule has 2 heterocycles. The van der Waals surface area contributed by atoms with Gasteiger partial charge < -0.3 is 4.90 Å². The lowest BCUT2D eigenvalue weighted by Gasteiger charge is -2.34. The molecule has 6 heteroatoms. The number of aromatic nitrogens is 1. The highest BCUT2D eigenvalue weighted by Gasteiger charge is 2.22. The first kappa shape index (κ1) is 18.2. The molecule has 1 aliphatic heterocycles. The van der Waals surface area contributed by atoms with Crippen LogP contribution >= 0.6 is 23.2 Å². The average molecular weight is 400 g/mol. The first-order valence-corrected chi connectivity index (χ1v) is 9.66. The molecule has 1 aliphatic rings. The molecule has 2 aromatic carbocycles.